The van der Waals surface area contributed by atoms with Crippen LogP contribution in [-0.4, -0.2) is 34.8 Å². The first kappa shape index (κ1) is 19.5. The van der Waals surface area contributed by atoms with Crippen molar-refractivity contribution in [3.8, 4) is 0 Å². The van der Waals surface area contributed by atoms with Crippen molar-refractivity contribution in [2.75, 3.05) is 18.4 Å². The molecule has 156 valence electrons. The highest BCUT2D eigenvalue weighted by Crippen LogP contribution is 2.49. The lowest BCUT2D eigenvalue weighted by Crippen LogP contribution is -2.52. The van der Waals surface area contributed by atoms with Crippen molar-refractivity contribution in [3.05, 3.63) is 100 Å². The minimum atomic E-state index is -1.20. The highest BCUT2D eigenvalue weighted by atomic mass is 35.5. The molecule has 1 fully saturated rings. The summed E-state index contributed by atoms with van der Waals surface area (Å²) in [4.78, 5) is 29.7. The maximum absolute atomic E-state index is 14.2. The lowest BCUT2D eigenvalue weighted by Gasteiger charge is -2.40. The van der Waals surface area contributed by atoms with E-state index in [2.05, 4.69) is 5.32 Å². The third kappa shape index (κ3) is 2.80. The molecule has 1 unspecified atom stereocenters. The van der Waals surface area contributed by atoms with Crippen LogP contribution in [0.5, 0.6) is 0 Å². The van der Waals surface area contributed by atoms with E-state index >= 15 is 0 Å². The molecule has 0 bridgehead atoms. The van der Waals surface area contributed by atoms with Gasteiger partial charge in [0.2, 0.25) is 0 Å². The summed E-state index contributed by atoms with van der Waals surface area (Å²) in [6.45, 7) is 0.535. The molecule has 0 radical (unpaired) electrons. The van der Waals surface area contributed by atoms with Crippen LogP contribution in [0.1, 0.15) is 21.5 Å². The van der Waals surface area contributed by atoms with Gasteiger partial charge in [0.15, 0.2) is 5.66 Å². The fourth-order valence-electron chi connectivity index (χ4n) is 4.50. The summed E-state index contributed by atoms with van der Waals surface area (Å²) in [5, 5.41) is 3.04. The van der Waals surface area contributed by atoms with Crippen molar-refractivity contribution in [2.45, 2.75) is 5.66 Å². The number of benzene rings is 3. The maximum atomic E-state index is 14.2. The lowest BCUT2D eigenvalue weighted by molar-refractivity contribution is 0.0560. The van der Waals surface area contributed by atoms with Crippen molar-refractivity contribution in [1.82, 2.24) is 9.80 Å². The zero-order chi connectivity index (χ0) is 21.8. The van der Waals surface area contributed by atoms with E-state index < -0.39 is 23.3 Å². The number of carbonyl (C=O) groups excluding carboxylic acids is 2. The first-order chi connectivity index (χ1) is 14.9. The van der Waals surface area contributed by atoms with Gasteiger partial charge in [0.25, 0.3) is 5.91 Å². The van der Waals surface area contributed by atoms with Crippen LogP contribution in [-0.2, 0) is 5.66 Å². The standard InChI is InChI=1S/C23H16ClF2N3O2/c24-15-7-5-14(6-8-15)23-18-4-2-1-3-17(18)21(30)28(23)11-12-29(23)22(31)27-20-10-9-16(25)13-19(20)26/h1-10,13H,11-12H2,(H,27,31). The van der Waals surface area contributed by atoms with Gasteiger partial charge in [0.05, 0.1) is 5.69 Å². The number of rotatable bonds is 2. The van der Waals surface area contributed by atoms with Crippen LogP contribution in [0.3, 0.4) is 0 Å². The van der Waals surface area contributed by atoms with E-state index in [4.69, 9.17) is 11.6 Å². The molecule has 1 atom stereocenters. The summed E-state index contributed by atoms with van der Waals surface area (Å²) >= 11 is 6.08. The largest absolute Gasteiger partial charge is 0.324 e. The predicted octanol–water partition coefficient (Wildman–Crippen LogP) is 4.82. The number of hydrogen-bond donors (Lipinski definition) is 1. The average Bonchev–Trinajstić information content (AvgIpc) is 3.27. The molecule has 2 aliphatic heterocycles. The van der Waals surface area contributed by atoms with Gasteiger partial charge < -0.3 is 10.2 Å². The second kappa shape index (κ2) is 7.06. The summed E-state index contributed by atoms with van der Waals surface area (Å²) in [7, 11) is 0. The number of fused-ring (bicyclic) bond motifs is 3. The van der Waals surface area contributed by atoms with Crippen LogP contribution in [0.4, 0.5) is 19.3 Å². The van der Waals surface area contributed by atoms with Gasteiger partial charge in [-0.05, 0) is 30.3 Å². The normalized spacial score (nSPS) is 19.4. The number of nitrogens with one attached hydrogen (secondary N) is 1. The smallest absolute Gasteiger partial charge is 0.306 e. The summed E-state index contributed by atoms with van der Waals surface area (Å²) < 4.78 is 27.4. The zero-order valence-corrected chi connectivity index (χ0v) is 16.9. The minimum Gasteiger partial charge on any atom is -0.306 e. The van der Waals surface area contributed by atoms with Crippen LogP contribution in [0.2, 0.25) is 5.02 Å². The molecule has 2 aliphatic rings. The Bertz CT molecular complexity index is 1220. The van der Waals surface area contributed by atoms with E-state index in [1.165, 1.54) is 11.0 Å². The van der Waals surface area contributed by atoms with Crippen molar-refractivity contribution in [2.24, 2.45) is 0 Å². The van der Waals surface area contributed by atoms with Gasteiger partial charge in [-0.15, -0.1) is 0 Å². The first-order valence-electron chi connectivity index (χ1n) is 9.64. The van der Waals surface area contributed by atoms with Crippen LogP contribution in [0, 0.1) is 11.6 Å². The molecule has 3 aromatic carbocycles. The number of carbonyl (C=O) groups is 2. The molecule has 5 nitrogen and oxygen atoms in total. The van der Waals surface area contributed by atoms with Crippen LogP contribution in [0.15, 0.2) is 66.7 Å². The van der Waals surface area contributed by atoms with Gasteiger partial charge in [-0.1, -0.05) is 41.9 Å². The molecule has 5 rings (SSSR count). The molecule has 0 aromatic heterocycles. The molecule has 31 heavy (non-hydrogen) atoms. The summed E-state index contributed by atoms with van der Waals surface area (Å²) in [6.07, 6.45) is 0. The van der Waals surface area contributed by atoms with E-state index in [1.54, 1.807) is 47.4 Å². The van der Waals surface area contributed by atoms with E-state index in [1.807, 2.05) is 6.07 Å². The maximum Gasteiger partial charge on any atom is 0.324 e. The second-order valence-corrected chi connectivity index (χ2v) is 7.82. The third-order valence-corrected chi connectivity index (χ3v) is 6.02. The van der Waals surface area contributed by atoms with Gasteiger partial charge in [-0.2, -0.15) is 0 Å². The molecule has 2 heterocycles. The second-order valence-electron chi connectivity index (χ2n) is 7.39. The molecule has 3 amide bonds. The van der Waals surface area contributed by atoms with Crippen LogP contribution in [0.25, 0.3) is 0 Å². The highest BCUT2D eigenvalue weighted by Gasteiger charge is 2.59. The number of halogens is 3. The molecule has 0 aliphatic carbocycles. The fraction of sp³-hybridized carbons (Fsp3) is 0.130. The quantitative estimate of drug-likeness (QED) is 0.622. The topological polar surface area (TPSA) is 52.7 Å². The Hall–Kier alpha value is -3.45. The van der Waals surface area contributed by atoms with Gasteiger partial charge in [0, 0.05) is 40.9 Å². The highest BCUT2D eigenvalue weighted by molar-refractivity contribution is 6.30. The molecule has 0 saturated carbocycles. The molecule has 1 N–H and O–H groups in total. The van der Waals surface area contributed by atoms with E-state index in [-0.39, 0.29) is 18.1 Å². The lowest BCUT2D eigenvalue weighted by atomic mass is 9.90. The first-order valence-corrected chi connectivity index (χ1v) is 10.0. The van der Waals surface area contributed by atoms with Gasteiger partial charge in [0.1, 0.15) is 11.6 Å². The van der Waals surface area contributed by atoms with Crippen molar-refractivity contribution in [1.29, 1.82) is 0 Å². The number of amides is 3. The van der Waals surface area contributed by atoms with Crippen molar-refractivity contribution >= 4 is 29.2 Å². The Balaban J connectivity index is 1.64. The number of hydrogen-bond acceptors (Lipinski definition) is 2. The Labute approximate surface area is 181 Å². The molecule has 1 saturated heterocycles. The van der Waals surface area contributed by atoms with E-state index in [0.717, 1.165) is 6.07 Å². The number of urea groups is 1. The van der Waals surface area contributed by atoms with E-state index in [9.17, 15) is 18.4 Å². The Morgan fingerprint density at radius 2 is 1.74 bits per heavy atom. The Morgan fingerprint density at radius 3 is 2.48 bits per heavy atom. The molecule has 3 aromatic rings. The van der Waals surface area contributed by atoms with Gasteiger partial charge >= 0.3 is 6.03 Å². The van der Waals surface area contributed by atoms with Gasteiger partial charge in [-0.25, -0.2) is 13.6 Å². The molecular formula is C23H16ClF2N3O2. The molecule has 0 spiro atoms. The molecular weight excluding hydrogens is 424 g/mol. The van der Waals surface area contributed by atoms with Crippen molar-refractivity contribution < 1.29 is 18.4 Å². The minimum absolute atomic E-state index is 0.145. The van der Waals surface area contributed by atoms with Gasteiger partial charge in [-0.3, -0.25) is 9.69 Å². The summed E-state index contributed by atoms with van der Waals surface area (Å²) in [5.41, 5.74) is 0.507. The monoisotopic (exact) mass is 439 g/mol. The van der Waals surface area contributed by atoms with E-state index in [0.29, 0.717) is 34.3 Å². The third-order valence-electron chi connectivity index (χ3n) is 5.77. The SMILES string of the molecule is O=C(Nc1ccc(F)cc1F)N1CCN2C(=O)c3ccccc3C12c1ccc(Cl)cc1. The molecule has 8 heteroatoms. The van der Waals surface area contributed by atoms with Crippen LogP contribution >= 0.6 is 11.6 Å². The Kier molecular flexibility index (Phi) is 4.44. The fourth-order valence-corrected chi connectivity index (χ4v) is 4.63. The number of nitrogens with zero attached hydrogens (tertiary/aromatic N) is 2. The zero-order valence-electron chi connectivity index (χ0n) is 16.1. The average molecular weight is 440 g/mol. The number of anilines is 1. The summed E-state index contributed by atoms with van der Waals surface area (Å²) in [5.74, 6) is -1.81. The Morgan fingerprint density at radius 1 is 1.00 bits per heavy atom. The predicted molar refractivity (Wildman–Crippen MR) is 112 cm³/mol. The van der Waals surface area contributed by atoms with Crippen molar-refractivity contribution in [3.63, 3.8) is 0 Å². The summed E-state index contributed by atoms with van der Waals surface area (Å²) in [6, 6.07) is 16.4. The van der Waals surface area contributed by atoms with Crippen LogP contribution < -0.4 is 5.32 Å².